The van der Waals surface area contributed by atoms with Gasteiger partial charge in [0.15, 0.2) is 0 Å². The van der Waals surface area contributed by atoms with E-state index in [4.69, 9.17) is 5.26 Å². The molecule has 2 N–H and O–H groups in total. The molecule has 28 heavy (non-hydrogen) atoms. The molecule has 0 saturated heterocycles. The maximum Gasteiger partial charge on any atom is 0.274 e. The van der Waals surface area contributed by atoms with Gasteiger partial charge in [0.1, 0.15) is 11.4 Å². The van der Waals surface area contributed by atoms with Crippen molar-refractivity contribution >= 4 is 17.5 Å². The maximum absolute atomic E-state index is 12.4. The van der Waals surface area contributed by atoms with Gasteiger partial charge in [0, 0.05) is 12.2 Å². The molecule has 0 aliphatic rings. The van der Waals surface area contributed by atoms with Gasteiger partial charge in [-0.05, 0) is 48.9 Å². The van der Waals surface area contributed by atoms with Crippen LogP contribution in [0.3, 0.4) is 0 Å². The summed E-state index contributed by atoms with van der Waals surface area (Å²) in [4.78, 5) is 28.9. The average molecular weight is 370 g/mol. The first kappa shape index (κ1) is 18.8. The standard InChI is InChI=1S/C22H18N4O2/c1-15-4-2-5-17(12-15)14-24-21(27)19-6-3-7-20(26-19)22(28)25-18-10-8-16(13-23)9-11-18/h2-12H,14H2,1H3,(H,24,27)(H,25,28). The summed E-state index contributed by atoms with van der Waals surface area (Å²) in [6.07, 6.45) is 0. The number of pyridine rings is 1. The van der Waals surface area contributed by atoms with Crippen LogP contribution in [0.25, 0.3) is 0 Å². The minimum absolute atomic E-state index is 0.132. The summed E-state index contributed by atoms with van der Waals surface area (Å²) in [6, 6.07) is 21.1. The molecule has 3 aromatic rings. The van der Waals surface area contributed by atoms with Crippen LogP contribution in [0, 0.1) is 18.3 Å². The highest BCUT2D eigenvalue weighted by Crippen LogP contribution is 2.11. The van der Waals surface area contributed by atoms with Crippen molar-refractivity contribution in [2.24, 2.45) is 0 Å². The molecule has 0 aliphatic heterocycles. The number of hydrogen-bond acceptors (Lipinski definition) is 4. The number of nitrogens with zero attached hydrogens (tertiary/aromatic N) is 2. The first-order valence-electron chi connectivity index (χ1n) is 8.67. The maximum atomic E-state index is 12.4. The quantitative estimate of drug-likeness (QED) is 0.719. The molecule has 0 bridgehead atoms. The molecule has 6 heteroatoms. The number of benzene rings is 2. The Morgan fingerprint density at radius 1 is 0.964 bits per heavy atom. The Morgan fingerprint density at radius 3 is 2.32 bits per heavy atom. The highest BCUT2D eigenvalue weighted by Gasteiger charge is 2.12. The second-order valence-electron chi connectivity index (χ2n) is 6.22. The van der Waals surface area contributed by atoms with Crippen LogP contribution in [-0.4, -0.2) is 16.8 Å². The van der Waals surface area contributed by atoms with Crippen LogP contribution < -0.4 is 10.6 Å². The third kappa shape index (κ3) is 4.80. The van der Waals surface area contributed by atoms with Crippen molar-refractivity contribution in [1.29, 1.82) is 5.26 Å². The van der Waals surface area contributed by atoms with Gasteiger partial charge in [-0.2, -0.15) is 5.26 Å². The zero-order valence-electron chi connectivity index (χ0n) is 15.3. The first-order valence-corrected chi connectivity index (χ1v) is 8.67. The van der Waals surface area contributed by atoms with E-state index < -0.39 is 5.91 Å². The molecule has 2 amide bonds. The summed E-state index contributed by atoms with van der Waals surface area (Å²) >= 11 is 0. The van der Waals surface area contributed by atoms with Crippen molar-refractivity contribution in [2.75, 3.05) is 5.32 Å². The lowest BCUT2D eigenvalue weighted by atomic mass is 10.1. The van der Waals surface area contributed by atoms with E-state index in [1.165, 1.54) is 6.07 Å². The Labute approximate surface area is 162 Å². The monoisotopic (exact) mass is 370 g/mol. The van der Waals surface area contributed by atoms with Gasteiger partial charge < -0.3 is 10.6 Å². The van der Waals surface area contributed by atoms with E-state index in [2.05, 4.69) is 15.6 Å². The van der Waals surface area contributed by atoms with Crippen molar-refractivity contribution in [3.05, 3.63) is 94.8 Å². The minimum atomic E-state index is -0.432. The summed E-state index contributed by atoms with van der Waals surface area (Å²) in [5.74, 6) is -0.785. The van der Waals surface area contributed by atoms with Crippen LogP contribution in [0.4, 0.5) is 5.69 Å². The molecule has 0 aliphatic carbocycles. The van der Waals surface area contributed by atoms with Gasteiger partial charge in [-0.1, -0.05) is 35.9 Å². The number of hydrogen-bond donors (Lipinski definition) is 2. The molecule has 0 saturated carbocycles. The molecule has 0 unspecified atom stereocenters. The highest BCUT2D eigenvalue weighted by molar-refractivity contribution is 6.03. The highest BCUT2D eigenvalue weighted by atomic mass is 16.2. The molecule has 0 atom stereocenters. The number of amides is 2. The molecule has 1 aromatic heterocycles. The fourth-order valence-electron chi connectivity index (χ4n) is 2.61. The summed E-state index contributed by atoms with van der Waals surface area (Å²) < 4.78 is 0. The zero-order chi connectivity index (χ0) is 19.9. The van der Waals surface area contributed by atoms with Crippen molar-refractivity contribution in [1.82, 2.24) is 10.3 Å². The number of carbonyl (C=O) groups is 2. The summed E-state index contributed by atoms with van der Waals surface area (Å²) in [5.41, 5.74) is 3.45. The number of nitrogens with one attached hydrogen (secondary N) is 2. The molecule has 6 nitrogen and oxygen atoms in total. The first-order chi connectivity index (χ1) is 13.5. The Morgan fingerprint density at radius 2 is 1.64 bits per heavy atom. The van der Waals surface area contributed by atoms with E-state index in [1.807, 2.05) is 37.3 Å². The number of nitriles is 1. The minimum Gasteiger partial charge on any atom is -0.347 e. The average Bonchev–Trinajstić information content (AvgIpc) is 2.72. The summed E-state index contributed by atoms with van der Waals surface area (Å²) in [7, 11) is 0. The molecular formula is C22H18N4O2. The van der Waals surface area contributed by atoms with Crippen LogP contribution >= 0.6 is 0 Å². The van der Waals surface area contributed by atoms with Crippen LogP contribution in [0.15, 0.2) is 66.7 Å². The number of aryl methyl sites for hydroxylation is 1. The lowest BCUT2D eigenvalue weighted by Gasteiger charge is -2.08. The van der Waals surface area contributed by atoms with Gasteiger partial charge in [0.25, 0.3) is 11.8 Å². The van der Waals surface area contributed by atoms with Crippen LogP contribution in [-0.2, 0) is 6.54 Å². The van der Waals surface area contributed by atoms with E-state index in [1.54, 1.807) is 36.4 Å². The molecule has 2 aromatic carbocycles. The molecular weight excluding hydrogens is 352 g/mol. The Balaban J connectivity index is 1.66. The second-order valence-corrected chi connectivity index (χ2v) is 6.22. The fourth-order valence-corrected chi connectivity index (χ4v) is 2.61. The normalized spacial score (nSPS) is 10.0. The molecule has 0 radical (unpaired) electrons. The molecule has 1 heterocycles. The van der Waals surface area contributed by atoms with E-state index in [0.717, 1.165) is 11.1 Å². The van der Waals surface area contributed by atoms with Gasteiger partial charge in [-0.25, -0.2) is 4.98 Å². The van der Waals surface area contributed by atoms with E-state index in [9.17, 15) is 9.59 Å². The van der Waals surface area contributed by atoms with Gasteiger partial charge >= 0.3 is 0 Å². The smallest absolute Gasteiger partial charge is 0.274 e. The fraction of sp³-hybridized carbons (Fsp3) is 0.0909. The van der Waals surface area contributed by atoms with Crippen LogP contribution in [0.5, 0.6) is 0 Å². The van der Waals surface area contributed by atoms with Gasteiger partial charge in [0.2, 0.25) is 0 Å². The van der Waals surface area contributed by atoms with Gasteiger partial charge in [-0.3, -0.25) is 9.59 Å². The molecule has 0 spiro atoms. The van der Waals surface area contributed by atoms with Crippen LogP contribution in [0.2, 0.25) is 0 Å². The van der Waals surface area contributed by atoms with E-state index in [-0.39, 0.29) is 17.3 Å². The third-order valence-electron chi connectivity index (χ3n) is 4.02. The SMILES string of the molecule is Cc1cccc(CNC(=O)c2cccc(C(=O)Nc3ccc(C#N)cc3)n2)c1. The lowest BCUT2D eigenvalue weighted by molar-refractivity contribution is 0.0945. The van der Waals surface area contributed by atoms with E-state index >= 15 is 0 Å². The lowest BCUT2D eigenvalue weighted by Crippen LogP contribution is -2.25. The Bertz CT molecular complexity index is 1050. The number of rotatable bonds is 5. The van der Waals surface area contributed by atoms with Gasteiger partial charge in [-0.15, -0.1) is 0 Å². The second kappa shape index (κ2) is 8.60. The van der Waals surface area contributed by atoms with E-state index in [0.29, 0.717) is 17.8 Å². The van der Waals surface area contributed by atoms with Gasteiger partial charge in [0.05, 0.1) is 11.6 Å². The molecule has 3 rings (SSSR count). The predicted molar refractivity (Wildman–Crippen MR) is 106 cm³/mol. The topological polar surface area (TPSA) is 94.9 Å². The number of carbonyl (C=O) groups excluding carboxylic acids is 2. The van der Waals surface area contributed by atoms with Crippen LogP contribution in [0.1, 0.15) is 37.7 Å². The van der Waals surface area contributed by atoms with Crippen molar-refractivity contribution in [2.45, 2.75) is 13.5 Å². The van der Waals surface area contributed by atoms with Crippen molar-refractivity contribution < 1.29 is 9.59 Å². The zero-order valence-corrected chi connectivity index (χ0v) is 15.3. The Hall–Kier alpha value is -3.98. The third-order valence-corrected chi connectivity index (χ3v) is 4.02. The predicted octanol–water partition coefficient (Wildman–Crippen LogP) is 3.44. The number of anilines is 1. The van der Waals surface area contributed by atoms with Crippen molar-refractivity contribution in [3.63, 3.8) is 0 Å². The molecule has 0 fully saturated rings. The summed E-state index contributed by atoms with van der Waals surface area (Å²) in [6.45, 7) is 2.37. The molecule has 138 valence electrons. The number of aromatic nitrogens is 1. The summed E-state index contributed by atoms with van der Waals surface area (Å²) in [5, 5.41) is 14.3. The Kier molecular flexibility index (Phi) is 5.78. The van der Waals surface area contributed by atoms with Crippen molar-refractivity contribution in [3.8, 4) is 6.07 Å². The largest absolute Gasteiger partial charge is 0.347 e.